The van der Waals surface area contributed by atoms with Crippen molar-refractivity contribution in [3.8, 4) is 0 Å². The van der Waals surface area contributed by atoms with E-state index in [9.17, 15) is 4.57 Å². The average molecular weight is 266 g/mol. The summed E-state index contributed by atoms with van der Waals surface area (Å²) in [5.41, 5.74) is 0. The second-order valence-electron chi connectivity index (χ2n) is 4.43. The topological polar surface area (TPSA) is 44.8 Å². The quantitative estimate of drug-likeness (QED) is 0.418. The molecule has 1 atom stereocenters. The lowest BCUT2D eigenvalue weighted by Crippen LogP contribution is -2.08. The minimum Gasteiger partial charge on any atom is -0.369 e. The van der Waals surface area contributed by atoms with E-state index in [4.69, 9.17) is 13.8 Å². The maximum Gasteiger partial charge on any atom is 0.355 e. The molecule has 0 aromatic carbocycles. The van der Waals surface area contributed by atoms with Crippen molar-refractivity contribution in [2.24, 2.45) is 5.92 Å². The highest BCUT2D eigenvalue weighted by Gasteiger charge is 2.21. The minimum absolute atomic E-state index is 0.0410. The molecule has 4 nitrogen and oxygen atoms in total. The molecule has 0 heterocycles. The predicted molar refractivity (Wildman–Crippen MR) is 70.4 cm³/mol. The van der Waals surface area contributed by atoms with Crippen molar-refractivity contribution in [3.05, 3.63) is 0 Å². The smallest absolute Gasteiger partial charge is 0.355 e. The molecular formula is C12H27O4P. The molecule has 17 heavy (non-hydrogen) atoms. The Morgan fingerprint density at radius 2 is 1.76 bits per heavy atom. The van der Waals surface area contributed by atoms with Gasteiger partial charge in [0.25, 0.3) is 0 Å². The van der Waals surface area contributed by atoms with Gasteiger partial charge in [-0.1, -0.05) is 39.5 Å². The summed E-state index contributed by atoms with van der Waals surface area (Å²) in [4.78, 5) is 0. The highest BCUT2D eigenvalue weighted by atomic mass is 31.2. The van der Waals surface area contributed by atoms with Crippen LogP contribution in [0.3, 0.4) is 0 Å². The number of hydrogen-bond acceptors (Lipinski definition) is 4. The molecule has 0 aromatic heterocycles. The van der Waals surface area contributed by atoms with E-state index in [1.807, 2.05) is 0 Å². The second-order valence-corrected chi connectivity index (χ2v) is 6.64. The van der Waals surface area contributed by atoms with Crippen LogP contribution in [0.4, 0.5) is 0 Å². The number of rotatable bonds is 11. The van der Waals surface area contributed by atoms with Gasteiger partial charge in [-0.3, -0.25) is 4.57 Å². The first-order chi connectivity index (χ1) is 8.08. The van der Waals surface area contributed by atoms with Gasteiger partial charge in [0.2, 0.25) is 0 Å². The molecule has 0 saturated heterocycles. The van der Waals surface area contributed by atoms with Crippen molar-refractivity contribution in [3.63, 3.8) is 0 Å². The van der Waals surface area contributed by atoms with Crippen molar-refractivity contribution in [1.82, 2.24) is 0 Å². The van der Waals surface area contributed by atoms with E-state index in [-0.39, 0.29) is 6.35 Å². The van der Waals surface area contributed by atoms with Crippen molar-refractivity contribution < 1.29 is 18.3 Å². The molecule has 0 aliphatic heterocycles. The summed E-state index contributed by atoms with van der Waals surface area (Å²) in [7, 11) is -0.242. The first kappa shape index (κ1) is 17.1. The average Bonchev–Trinajstić information content (AvgIpc) is 2.34. The zero-order valence-corrected chi connectivity index (χ0v) is 12.5. The van der Waals surface area contributed by atoms with Gasteiger partial charge < -0.3 is 13.8 Å². The highest BCUT2D eigenvalue weighted by Crippen LogP contribution is 2.46. The molecule has 0 aromatic rings. The monoisotopic (exact) mass is 266 g/mol. The fourth-order valence-electron chi connectivity index (χ4n) is 1.55. The third-order valence-corrected chi connectivity index (χ3v) is 4.37. The van der Waals surface area contributed by atoms with Gasteiger partial charge in [-0.2, -0.15) is 0 Å². The molecule has 0 radical (unpaired) electrons. The lowest BCUT2D eigenvalue weighted by molar-refractivity contribution is 0.115. The number of ether oxygens (including phenoxy) is 1. The molecule has 0 spiro atoms. The van der Waals surface area contributed by atoms with Crippen molar-refractivity contribution in [2.45, 2.75) is 46.0 Å². The Kier molecular flexibility index (Phi) is 10.1. The third-order valence-electron chi connectivity index (χ3n) is 2.76. The summed E-state index contributed by atoms with van der Waals surface area (Å²) < 4.78 is 26.6. The summed E-state index contributed by atoms with van der Waals surface area (Å²) in [6.07, 6.45) is 6.29. The Bertz CT molecular complexity index is 213. The summed E-state index contributed by atoms with van der Waals surface area (Å²) in [6, 6.07) is 0. The summed E-state index contributed by atoms with van der Waals surface area (Å²) in [5.74, 6) is 0.494. The van der Waals surface area contributed by atoms with E-state index in [0.29, 0.717) is 12.5 Å². The molecule has 0 bridgehead atoms. The lowest BCUT2D eigenvalue weighted by atomic mass is 10.0. The Morgan fingerprint density at radius 3 is 2.29 bits per heavy atom. The Morgan fingerprint density at radius 1 is 1.12 bits per heavy atom. The number of hydrogen-bond donors (Lipinski definition) is 0. The first-order valence-electron chi connectivity index (χ1n) is 6.36. The highest BCUT2D eigenvalue weighted by molar-refractivity contribution is 7.53. The zero-order chi connectivity index (χ0) is 13.1. The van der Waals surface area contributed by atoms with Crippen LogP contribution in [0, 0.1) is 5.92 Å². The molecule has 0 aliphatic rings. The van der Waals surface area contributed by atoms with E-state index < -0.39 is 7.60 Å². The van der Waals surface area contributed by atoms with Crippen molar-refractivity contribution in [1.29, 1.82) is 0 Å². The fraction of sp³-hybridized carbons (Fsp3) is 1.00. The maximum atomic E-state index is 11.7. The molecule has 0 amide bonds. The predicted octanol–water partition coefficient (Wildman–Crippen LogP) is 4.05. The van der Waals surface area contributed by atoms with E-state index in [2.05, 4.69) is 13.8 Å². The van der Waals surface area contributed by atoms with E-state index in [1.54, 1.807) is 0 Å². The van der Waals surface area contributed by atoms with Crippen LogP contribution < -0.4 is 0 Å². The molecule has 104 valence electrons. The van der Waals surface area contributed by atoms with Crippen LogP contribution in [0.25, 0.3) is 0 Å². The summed E-state index contributed by atoms with van der Waals surface area (Å²) >= 11 is 0. The van der Waals surface area contributed by atoms with Gasteiger partial charge in [-0.25, -0.2) is 0 Å². The normalized spacial score (nSPS) is 13.9. The fourth-order valence-corrected chi connectivity index (χ4v) is 2.24. The second kappa shape index (κ2) is 10.1. The van der Waals surface area contributed by atoms with Gasteiger partial charge in [-0.05, 0) is 12.3 Å². The Labute approximate surface area is 106 Å². The Balaban J connectivity index is 3.56. The van der Waals surface area contributed by atoms with Crippen LogP contribution in [-0.2, 0) is 18.3 Å². The molecule has 0 unspecified atom stereocenters. The zero-order valence-electron chi connectivity index (χ0n) is 11.6. The van der Waals surface area contributed by atoms with E-state index in [0.717, 1.165) is 6.42 Å². The van der Waals surface area contributed by atoms with E-state index >= 15 is 0 Å². The standard InChI is InChI=1S/C12H27O4P/c1-5-6-7-8-9-12(2)10-16-11-17(13,14-3)15-4/h12H,5-11H2,1-4H3/t12-/m0/s1. The van der Waals surface area contributed by atoms with E-state index in [1.165, 1.54) is 39.9 Å². The third kappa shape index (κ3) is 8.78. The lowest BCUT2D eigenvalue weighted by Gasteiger charge is -2.16. The van der Waals surface area contributed by atoms with Gasteiger partial charge in [-0.15, -0.1) is 0 Å². The maximum absolute atomic E-state index is 11.7. The molecule has 0 rings (SSSR count). The molecule has 5 heteroatoms. The van der Waals surface area contributed by atoms with Gasteiger partial charge in [0.1, 0.15) is 6.35 Å². The molecule has 0 fully saturated rings. The van der Waals surface area contributed by atoms with Crippen molar-refractivity contribution >= 4 is 7.60 Å². The molecule has 0 N–H and O–H groups in total. The van der Waals surface area contributed by atoms with Gasteiger partial charge >= 0.3 is 7.60 Å². The SMILES string of the molecule is CCCCCC[C@H](C)COCP(=O)(OC)OC. The molecular weight excluding hydrogens is 239 g/mol. The van der Waals surface area contributed by atoms with Crippen LogP contribution >= 0.6 is 7.60 Å². The minimum atomic E-state index is -3.00. The van der Waals surface area contributed by atoms with Gasteiger partial charge in [0.15, 0.2) is 0 Å². The largest absolute Gasteiger partial charge is 0.369 e. The van der Waals surface area contributed by atoms with Crippen LogP contribution in [0.1, 0.15) is 46.0 Å². The van der Waals surface area contributed by atoms with Gasteiger partial charge in [0.05, 0.1) is 0 Å². The number of unbranched alkanes of at least 4 members (excludes halogenated alkanes) is 3. The summed E-state index contributed by atoms with van der Waals surface area (Å²) in [6.45, 7) is 4.97. The molecule has 0 aliphatic carbocycles. The molecule has 0 saturated carbocycles. The first-order valence-corrected chi connectivity index (χ1v) is 8.09. The van der Waals surface area contributed by atoms with Crippen LogP contribution in [0.15, 0.2) is 0 Å². The van der Waals surface area contributed by atoms with Crippen LogP contribution in [-0.4, -0.2) is 27.2 Å². The Hall–Kier alpha value is 0.110. The van der Waals surface area contributed by atoms with Gasteiger partial charge in [0, 0.05) is 20.8 Å². The van der Waals surface area contributed by atoms with Crippen LogP contribution in [0.5, 0.6) is 0 Å². The van der Waals surface area contributed by atoms with Crippen molar-refractivity contribution in [2.75, 3.05) is 27.2 Å². The summed E-state index contributed by atoms with van der Waals surface area (Å²) in [5, 5.41) is 0. The van der Waals surface area contributed by atoms with Crippen LogP contribution in [0.2, 0.25) is 0 Å².